The number of rotatable bonds is 10. The van der Waals surface area contributed by atoms with E-state index in [1.165, 1.54) is 0 Å². The Balaban J connectivity index is 1.05. The summed E-state index contributed by atoms with van der Waals surface area (Å²) in [7, 11) is 0. The highest BCUT2D eigenvalue weighted by Gasteiger charge is 2.17. The highest BCUT2D eigenvalue weighted by molar-refractivity contribution is 5.72. The van der Waals surface area contributed by atoms with Crippen molar-refractivity contribution in [2.75, 3.05) is 0 Å². The third-order valence-electron chi connectivity index (χ3n) is 10.7. The van der Waals surface area contributed by atoms with E-state index >= 15 is 0 Å². The topological polar surface area (TPSA) is 77.3 Å². The summed E-state index contributed by atoms with van der Waals surface area (Å²) in [6.07, 6.45) is 0.263. The van der Waals surface area contributed by atoms with Crippen LogP contribution in [0.2, 0.25) is 0 Å². The van der Waals surface area contributed by atoms with Gasteiger partial charge in [-0.1, -0.05) is 218 Å². The first-order valence-electron chi connectivity index (χ1n) is 20.3. The van der Waals surface area contributed by atoms with Gasteiger partial charge in [0.15, 0.2) is 23.3 Å². The lowest BCUT2D eigenvalue weighted by Gasteiger charge is -2.11. The van der Waals surface area contributed by atoms with Gasteiger partial charge in [-0.3, -0.25) is 0 Å². The number of benzene rings is 8. The van der Waals surface area contributed by atoms with Crippen LogP contribution in [0.1, 0.15) is 11.6 Å². The van der Waals surface area contributed by atoms with Gasteiger partial charge in [0.1, 0.15) is 11.6 Å². The fourth-order valence-electron chi connectivity index (χ4n) is 7.42. The summed E-state index contributed by atoms with van der Waals surface area (Å²) in [5, 5.41) is 0. The van der Waals surface area contributed by atoms with E-state index in [1.54, 1.807) is 0 Å². The van der Waals surface area contributed by atoms with Crippen LogP contribution in [-0.2, 0) is 6.42 Å². The molecule has 2 heterocycles. The van der Waals surface area contributed by atoms with Gasteiger partial charge in [-0.05, 0) is 44.5 Å². The van der Waals surface area contributed by atoms with Crippen LogP contribution in [-0.4, -0.2) is 29.9 Å². The molecule has 0 spiro atoms. The molecule has 0 saturated heterocycles. The smallest absolute Gasteiger partial charge is 0.163 e. The number of hydrogen-bond acceptors (Lipinski definition) is 6. The first-order valence-corrected chi connectivity index (χ1v) is 20.3. The summed E-state index contributed by atoms with van der Waals surface area (Å²) in [5.41, 5.74) is 12.6. The maximum Gasteiger partial charge on any atom is 0.163 e. The number of aromatic nitrogens is 6. The van der Waals surface area contributed by atoms with Crippen molar-refractivity contribution in [3.63, 3.8) is 0 Å². The lowest BCUT2D eigenvalue weighted by molar-refractivity contribution is 0.861. The molecular weight excluding hydrogens is 745 g/mol. The minimum Gasteiger partial charge on any atom is -0.213 e. The zero-order valence-electron chi connectivity index (χ0n) is 33.2. The van der Waals surface area contributed by atoms with Crippen LogP contribution in [0.4, 0.5) is 0 Å². The summed E-state index contributed by atoms with van der Waals surface area (Å²) in [6.45, 7) is 0. The second-order valence-corrected chi connectivity index (χ2v) is 14.7. The Morgan fingerprint density at radius 1 is 0.180 bits per heavy atom. The minimum absolute atomic E-state index is 0.263. The molecule has 6 nitrogen and oxygen atoms in total. The first kappa shape index (κ1) is 37.1. The van der Waals surface area contributed by atoms with Gasteiger partial charge in [0.25, 0.3) is 0 Å². The molecule has 0 atom stereocenters. The molecule has 0 fully saturated rings. The predicted molar refractivity (Wildman–Crippen MR) is 246 cm³/mol. The zero-order valence-corrected chi connectivity index (χ0v) is 33.2. The summed E-state index contributed by atoms with van der Waals surface area (Å²) >= 11 is 0. The third kappa shape index (κ3) is 8.37. The highest BCUT2D eigenvalue weighted by atomic mass is 15.1. The Morgan fingerprint density at radius 2 is 0.361 bits per heavy atom. The zero-order chi connectivity index (χ0) is 40.8. The van der Waals surface area contributed by atoms with Crippen LogP contribution in [0, 0.1) is 0 Å². The van der Waals surface area contributed by atoms with Gasteiger partial charge >= 0.3 is 0 Å². The number of nitrogens with zero attached hydrogens (tertiary/aromatic N) is 6. The minimum atomic E-state index is 0.263. The van der Waals surface area contributed by atoms with E-state index in [0.717, 1.165) is 66.8 Å². The normalized spacial score (nSPS) is 11.0. The van der Waals surface area contributed by atoms with Crippen molar-refractivity contribution in [3.8, 4) is 90.1 Å². The van der Waals surface area contributed by atoms with Crippen LogP contribution < -0.4 is 0 Å². The van der Waals surface area contributed by atoms with Crippen molar-refractivity contribution in [3.05, 3.63) is 230 Å². The summed E-state index contributed by atoms with van der Waals surface area (Å²) < 4.78 is 0. The van der Waals surface area contributed by atoms with Crippen molar-refractivity contribution < 1.29 is 0 Å². The number of hydrogen-bond donors (Lipinski definition) is 0. The van der Waals surface area contributed by atoms with Gasteiger partial charge in [0.05, 0.1) is 6.42 Å². The third-order valence-corrected chi connectivity index (χ3v) is 10.7. The van der Waals surface area contributed by atoms with Crippen LogP contribution in [0.3, 0.4) is 0 Å². The maximum absolute atomic E-state index is 5.06. The van der Waals surface area contributed by atoms with Crippen LogP contribution >= 0.6 is 0 Å². The standard InChI is InChI=1S/C55H38N6/c1-5-13-38(14-6-1)42-21-29-46(30-22-42)52-56-50(57-53(60-52)47-31-23-43(24-32-47)39-15-7-2-8-16-39)37-51-58-54(48-33-25-44(26-34-48)40-17-9-3-10-18-40)61-55(59-51)49-35-27-45(28-36-49)41-19-11-4-12-20-41/h1-36H,37H2. The molecule has 0 aliphatic rings. The molecule has 10 rings (SSSR count). The maximum atomic E-state index is 5.06. The Hall–Kier alpha value is -8.22. The Labute approximate surface area is 355 Å². The second kappa shape index (κ2) is 16.9. The quantitative estimate of drug-likeness (QED) is 0.137. The van der Waals surface area contributed by atoms with E-state index in [9.17, 15) is 0 Å². The molecule has 0 radical (unpaired) electrons. The summed E-state index contributed by atoms with van der Waals surface area (Å²) in [6, 6.07) is 74.8. The molecule has 6 heteroatoms. The highest BCUT2D eigenvalue weighted by Crippen LogP contribution is 2.30. The summed E-state index contributed by atoms with van der Waals surface area (Å²) in [5.74, 6) is 3.43. The van der Waals surface area contributed by atoms with E-state index < -0.39 is 0 Å². The molecule has 288 valence electrons. The molecule has 8 aromatic carbocycles. The van der Waals surface area contributed by atoms with Crippen molar-refractivity contribution in [2.45, 2.75) is 6.42 Å². The average molecular weight is 783 g/mol. The molecule has 0 unspecified atom stereocenters. The Morgan fingerprint density at radius 3 is 0.574 bits per heavy atom. The Kier molecular flexibility index (Phi) is 10.3. The van der Waals surface area contributed by atoms with E-state index in [1.807, 2.05) is 72.8 Å². The van der Waals surface area contributed by atoms with Gasteiger partial charge < -0.3 is 0 Å². The molecule has 2 aromatic heterocycles. The van der Waals surface area contributed by atoms with Gasteiger partial charge in [-0.25, -0.2) is 29.9 Å². The molecule has 0 N–H and O–H groups in total. The molecule has 10 aromatic rings. The fourth-order valence-corrected chi connectivity index (χ4v) is 7.42. The van der Waals surface area contributed by atoms with Crippen molar-refractivity contribution >= 4 is 0 Å². The van der Waals surface area contributed by atoms with Gasteiger partial charge in [0.2, 0.25) is 0 Å². The predicted octanol–water partition coefficient (Wildman–Crippen LogP) is 13.0. The average Bonchev–Trinajstić information content (AvgIpc) is 3.35. The molecular formula is C55H38N6. The van der Waals surface area contributed by atoms with Gasteiger partial charge in [-0.2, -0.15) is 0 Å². The van der Waals surface area contributed by atoms with Gasteiger partial charge in [0, 0.05) is 22.3 Å². The SMILES string of the molecule is c1ccc(-c2ccc(-c3nc(Cc4nc(-c5ccc(-c6ccccc6)cc5)nc(-c5ccc(-c6ccccc6)cc5)n4)nc(-c4ccc(-c5ccccc5)cc4)n3)cc2)cc1. The second-order valence-electron chi connectivity index (χ2n) is 14.7. The first-order chi connectivity index (χ1) is 30.2. The largest absolute Gasteiger partial charge is 0.213 e. The monoisotopic (exact) mass is 782 g/mol. The fraction of sp³-hybridized carbons (Fsp3) is 0.0182. The lowest BCUT2D eigenvalue weighted by atomic mass is 10.0. The summed E-state index contributed by atoms with van der Waals surface area (Å²) in [4.78, 5) is 30.3. The van der Waals surface area contributed by atoms with E-state index in [-0.39, 0.29) is 6.42 Å². The van der Waals surface area contributed by atoms with Crippen LogP contribution in [0.15, 0.2) is 218 Å². The molecule has 61 heavy (non-hydrogen) atoms. The van der Waals surface area contributed by atoms with E-state index in [4.69, 9.17) is 29.9 Å². The molecule has 0 saturated carbocycles. The van der Waals surface area contributed by atoms with Crippen molar-refractivity contribution in [1.29, 1.82) is 0 Å². The van der Waals surface area contributed by atoms with Crippen molar-refractivity contribution in [2.24, 2.45) is 0 Å². The van der Waals surface area contributed by atoms with E-state index in [0.29, 0.717) is 34.9 Å². The van der Waals surface area contributed by atoms with E-state index in [2.05, 4.69) is 146 Å². The van der Waals surface area contributed by atoms with Crippen molar-refractivity contribution in [1.82, 2.24) is 29.9 Å². The van der Waals surface area contributed by atoms with Gasteiger partial charge in [-0.15, -0.1) is 0 Å². The lowest BCUT2D eigenvalue weighted by Crippen LogP contribution is -2.08. The molecule has 0 aliphatic carbocycles. The molecule has 0 bridgehead atoms. The molecule has 0 aliphatic heterocycles. The van der Waals surface area contributed by atoms with Crippen LogP contribution in [0.25, 0.3) is 90.1 Å². The molecule has 0 amide bonds. The Bertz CT molecular complexity index is 2620. The van der Waals surface area contributed by atoms with Crippen LogP contribution in [0.5, 0.6) is 0 Å².